The Kier molecular flexibility index (Phi) is 5.75. The Labute approximate surface area is 106 Å². The van der Waals surface area contributed by atoms with Crippen molar-refractivity contribution in [1.29, 1.82) is 0 Å². The summed E-state index contributed by atoms with van der Waals surface area (Å²) in [6, 6.07) is 1.44. The standard InChI is InChI=1S/C14H28N2O/c1-2-3-4-5-8-16-9-10-17-12-14(16)11-15-13-6-7-13/h13-15H,2-12H2,1H3. The van der Waals surface area contributed by atoms with Crippen molar-refractivity contribution in [3.8, 4) is 0 Å². The quantitative estimate of drug-likeness (QED) is 0.657. The summed E-state index contributed by atoms with van der Waals surface area (Å²) in [4.78, 5) is 2.63. The predicted octanol–water partition coefficient (Wildman–Crippen LogP) is 2.02. The van der Waals surface area contributed by atoms with Gasteiger partial charge in [-0.05, 0) is 25.8 Å². The van der Waals surface area contributed by atoms with Crippen LogP contribution in [0.3, 0.4) is 0 Å². The van der Waals surface area contributed by atoms with Crippen molar-refractivity contribution < 1.29 is 4.74 Å². The molecule has 1 heterocycles. The SMILES string of the molecule is CCCCCCN1CCOCC1CNC1CC1. The molecular formula is C14H28N2O. The monoisotopic (exact) mass is 240 g/mol. The molecule has 1 saturated heterocycles. The van der Waals surface area contributed by atoms with Crippen molar-refractivity contribution >= 4 is 0 Å². The van der Waals surface area contributed by atoms with Gasteiger partial charge in [-0.1, -0.05) is 26.2 Å². The molecule has 3 nitrogen and oxygen atoms in total. The first-order chi connectivity index (χ1) is 8.40. The molecule has 0 aromatic rings. The van der Waals surface area contributed by atoms with Crippen LogP contribution in [0.4, 0.5) is 0 Å². The van der Waals surface area contributed by atoms with E-state index < -0.39 is 0 Å². The third-order valence-corrected chi connectivity index (χ3v) is 3.87. The third-order valence-electron chi connectivity index (χ3n) is 3.87. The highest BCUT2D eigenvalue weighted by Crippen LogP contribution is 2.19. The van der Waals surface area contributed by atoms with Gasteiger partial charge in [0.25, 0.3) is 0 Å². The molecule has 0 spiro atoms. The minimum Gasteiger partial charge on any atom is -0.378 e. The molecule has 0 aromatic heterocycles. The summed E-state index contributed by atoms with van der Waals surface area (Å²) in [7, 11) is 0. The number of nitrogens with zero attached hydrogens (tertiary/aromatic N) is 1. The van der Waals surface area contributed by atoms with E-state index in [1.165, 1.54) is 45.1 Å². The van der Waals surface area contributed by atoms with Crippen LogP contribution in [0.25, 0.3) is 0 Å². The molecule has 0 amide bonds. The smallest absolute Gasteiger partial charge is 0.0634 e. The molecule has 1 atom stereocenters. The topological polar surface area (TPSA) is 24.5 Å². The maximum Gasteiger partial charge on any atom is 0.0634 e. The summed E-state index contributed by atoms with van der Waals surface area (Å²) in [5, 5.41) is 3.64. The Morgan fingerprint density at radius 2 is 2.12 bits per heavy atom. The van der Waals surface area contributed by atoms with Gasteiger partial charge in [-0.2, -0.15) is 0 Å². The molecule has 1 N–H and O–H groups in total. The average molecular weight is 240 g/mol. The van der Waals surface area contributed by atoms with E-state index in [0.717, 1.165) is 32.3 Å². The molecular weight excluding hydrogens is 212 g/mol. The molecule has 3 heteroatoms. The van der Waals surface area contributed by atoms with Gasteiger partial charge in [0.1, 0.15) is 0 Å². The number of ether oxygens (including phenoxy) is 1. The average Bonchev–Trinajstić information content (AvgIpc) is 3.17. The Bertz CT molecular complexity index is 206. The van der Waals surface area contributed by atoms with Crippen LogP contribution in [0.2, 0.25) is 0 Å². The highest BCUT2D eigenvalue weighted by molar-refractivity contribution is 4.85. The largest absolute Gasteiger partial charge is 0.378 e. The van der Waals surface area contributed by atoms with Gasteiger partial charge in [0.15, 0.2) is 0 Å². The van der Waals surface area contributed by atoms with Gasteiger partial charge in [-0.3, -0.25) is 4.90 Å². The van der Waals surface area contributed by atoms with E-state index in [1.807, 2.05) is 0 Å². The minimum atomic E-state index is 0.617. The Morgan fingerprint density at radius 1 is 1.24 bits per heavy atom. The summed E-state index contributed by atoms with van der Waals surface area (Å²) in [6.45, 7) is 7.64. The number of hydrogen-bond acceptors (Lipinski definition) is 3. The van der Waals surface area contributed by atoms with Gasteiger partial charge < -0.3 is 10.1 Å². The molecule has 0 radical (unpaired) electrons. The van der Waals surface area contributed by atoms with Crippen LogP contribution >= 0.6 is 0 Å². The van der Waals surface area contributed by atoms with Crippen molar-refractivity contribution in [2.45, 2.75) is 57.5 Å². The number of rotatable bonds is 8. The normalized spacial score (nSPS) is 26.3. The molecule has 1 aliphatic carbocycles. The zero-order chi connectivity index (χ0) is 11.9. The number of morpholine rings is 1. The van der Waals surface area contributed by atoms with Gasteiger partial charge in [0.2, 0.25) is 0 Å². The molecule has 1 unspecified atom stereocenters. The molecule has 0 aromatic carbocycles. The lowest BCUT2D eigenvalue weighted by Crippen LogP contribution is -2.50. The molecule has 1 saturated carbocycles. The van der Waals surface area contributed by atoms with Gasteiger partial charge in [-0.25, -0.2) is 0 Å². The fraction of sp³-hybridized carbons (Fsp3) is 1.00. The lowest BCUT2D eigenvalue weighted by Gasteiger charge is -2.35. The summed E-state index contributed by atoms with van der Waals surface area (Å²) < 4.78 is 5.61. The maximum atomic E-state index is 5.61. The first-order valence-electron chi connectivity index (χ1n) is 7.45. The number of unbranched alkanes of at least 4 members (excludes halogenated alkanes) is 3. The second-order valence-electron chi connectivity index (χ2n) is 5.51. The van der Waals surface area contributed by atoms with Gasteiger partial charge in [0, 0.05) is 25.2 Å². The van der Waals surface area contributed by atoms with E-state index in [2.05, 4.69) is 17.1 Å². The van der Waals surface area contributed by atoms with Crippen LogP contribution in [0.15, 0.2) is 0 Å². The molecule has 2 fully saturated rings. The van der Waals surface area contributed by atoms with Crippen LogP contribution in [0, 0.1) is 0 Å². The zero-order valence-corrected chi connectivity index (χ0v) is 11.3. The van der Waals surface area contributed by atoms with Crippen LogP contribution < -0.4 is 5.32 Å². The van der Waals surface area contributed by atoms with Crippen LogP contribution in [-0.4, -0.2) is 49.8 Å². The van der Waals surface area contributed by atoms with Crippen molar-refractivity contribution in [3.05, 3.63) is 0 Å². The molecule has 0 bridgehead atoms. The summed E-state index contributed by atoms with van der Waals surface area (Å²) >= 11 is 0. The van der Waals surface area contributed by atoms with Crippen LogP contribution in [0.1, 0.15) is 45.4 Å². The van der Waals surface area contributed by atoms with E-state index in [1.54, 1.807) is 0 Å². The molecule has 1 aliphatic heterocycles. The van der Waals surface area contributed by atoms with E-state index in [-0.39, 0.29) is 0 Å². The second kappa shape index (κ2) is 7.34. The number of nitrogens with one attached hydrogen (secondary N) is 1. The molecule has 2 aliphatic rings. The van der Waals surface area contributed by atoms with Crippen molar-refractivity contribution in [1.82, 2.24) is 10.2 Å². The first-order valence-corrected chi connectivity index (χ1v) is 7.45. The van der Waals surface area contributed by atoms with Crippen molar-refractivity contribution in [2.75, 3.05) is 32.8 Å². The van der Waals surface area contributed by atoms with Crippen LogP contribution in [0.5, 0.6) is 0 Å². The highest BCUT2D eigenvalue weighted by atomic mass is 16.5. The fourth-order valence-electron chi connectivity index (χ4n) is 2.50. The molecule has 2 rings (SSSR count). The highest BCUT2D eigenvalue weighted by Gasteiger charge is 2.26. The summed E-state index contributed by atoms with van der Waals surface area (Å²) in [5.74, 6) is 0. The Morgan fingerprint density at radius 3 is 2.88 bits per heavy atom. The Hall–Kier alpha value is -0.120. The van der Waals surface area contributed by atoms with Gasteiger partial charge in [0.05, 0.1) is 13.2 Å². The zero-order valence-electron chi connectivity index (χ0n) is 11.3. The van der Waals surface area contributed by atoms with E-state index >= 15 is 0 Å². The van der Waals surface area contributed by atoms with Crippen molar-refractivity contribution in [3.63, 3.8) is 0 Å². The molecule has 100 valence electrons. The van der Waals surface area contributed by atoms with E-state index in [4.69, 9.17) is 4.74 Å². The minimum absolute atomic E-state index is 0.617. The van der Waals surface area contributed by atoms with Gasteiger partial charge in [-0.15, -0.1) is 0 Å². The third kappa shape index (κ3) is 4.94. The lowest BCUT2D eigenvalue weighted by molar-refractivity contribution is -0.00752. The molecule has 17 heavy (non-hydrogen) atoms. The van der Waals surface area contributed by atoms with Gasteiger partial charge >= 0.3 is 0 Å². The predicted molar refractivity (Wildman–Crippen MR) is 71.3 cm³/mol. The maximum absolute atomic E-state index is 5.61. The van der Waals surface area contributed by atoms with Crippen molar-refractivity contribution in [2.24, 2.45) is 0 Å². The first kappa shape index (κ1) is 13.3. The summed E-state index contributed by atoms with van der Waals surface area (Å²) in [6.07, 6.45) is 8.21. The lowest BCUT2D eigenvalue weighted by atomic mass is 10.1. The second-order valence-corrected chi connectivity index (χ2v) is 5.51. The van der Waals surface area contributed by atoms with E-state index in [9.17, 15) is 0 Å². The summed E-state index contributed by atoms with van der Waals surface area (Å²) in [5.41, 5.74) is 0. The fourth-order valence-corrected chi connectivity index (χ4v) is 2.50. The Balaban J connectivity index is 1.63. The number of hydrogen-bond donors (Lipinski definition) is 1. The van der Waals surface area contributed by atoms with E-state index in [0.29, 0.717) is 6.04 Å². The van der Waals surface area contributed by atoms with Crippen LogP contribution in [-0.2, 0) is 4.74 Å².